The summed E-state index contributed by atoms with van der Waals surface area (Å²) in [7, 11) is 2.41. The highest BCUT2D eigenvalue weighted by Gasteiger charge is 2.27. The van der Waals surface area contributed by atoms with Crippen LogP contribution in [0.4, 0.5) is 5.00 Å². The van der Waals surface area contributed by atoms with E-state index in [9.17, 15) is 19.2 Å². The number of aromatic nitrogens is 1. The predicted molar refractivity (Wildman–Crippen MR) is 115 cm³/mol. The molecule has 10 heteroatoms. The van der Waals surface area contributed by atoms with Gasteiger partial charge in [-0.2, -0.15) is 0 Å². The summed E-state index contributed by atoms with van der Waals surface area (Å²) in [5, 5.41) is 2.63. The number of anilines is 1. The summed E-state index contributed by atoms with van der Waals surface area (Å²) < 4.78 is 16.6. The van der Waals surface area contributed by atoms with Gasteiger partial charge in [-0.3, -0.25) is 4.79 Å². The lowest BCUT2D eigenvalue weighted by Crippen LogP contribution is -2.22. The Labute approximate surface area is 184 Å². The highest BCUT2D eigenvalue weighted by molar-refractivity contribution is 7.18. The Morgan fingerprint density at radius 2 is 1.65 bits per heavy atom. The Balaban J connectivity index is 2.16. The van der Waals surface area contributed by atoms with E-state index >= 15 is 0 Å². The third-order valence-electron chi connectivity index (χ3n) is 4.72. The number of hydrogen-bond acceptors (Lipinski definition) is 8. The number of methoxy groups -OCH3 is 2. The molecule has 0 aromatic carbocycles. The van der Waals surface area contributed by atoms with Gasteiger partial charge in [-0.05, 0) is 46.2 Å². The van der Waals surface area contributed by atoms with Crippen molar-refractivity contribution in [1.82, 2.24) is 4.57 Å². The Morgan fingerprint density at radius 1 is 1.03 bits per heavy atom. The van der Waals surface area contributed by atoms with Crippen molar-refractivity contribution in [2.75, 3.05) is 26.1 Å². The molecule has 0 saturated carbocycles. The van der Waals surface area contributed by atoms with E-state index in [-0.39, 0.29) is 21.5 Å². The lowest BCUT2D eigenvalue weighted by Gasteiger charge is -2.13. The van der Waals surface area contributed by atoms with Crippen LogP contribution in [0.3, 0.4) is 0 Å². The summed E-state index contributed by atoms with van der Waals surface area (Å²) in [6.07, 6.45) is 0. The number of rotatable bonds is 7. The molecular formula is C21H26N2O7S. The number of amides is 1. The Kier molecular flexibility index (Phi) is 7.61. The third kappa shape index (κ3) is 4.96. The van der Waals surface area contributed by atoms with Crippen molar-refractivity contribution >= 4 is 40.2 Å². The molecular weight excluding hydrogens is 424 g/mol. The maximum Gasteiger partial charge on any atom is 0.348 e. The minimum atomic E-state index is -0.711. The second-order valence-electron chi connectivity index (χ2n) is 7.12. The van der Waals surface area contributed by atoms with E-state index in [0.717, 1.165) is 22.7 Å². The van der Waals surface area contributed by atoms with Crippen LogP contribution in [0, 0.1) is 20.8 Å². The quantitative estimate of drug-likeness (QED) is 0.508. The molecule has 2 aromatic heterocycles. The number of nitrogens with zero attached hydrogens (tertiary/aromatic N) is 1. The van der Waals surface area contributed by atoms with Crippen LogP contribution < -0.4 is 5.32 Å². The van der Waals surface area contributed by atoms with Gasteiger partial charge in [0.25, 0.3) is 5.91 Å². The Hall–Kier alpha value is -3.14. The zero-order valence-electron chi connectivity index (χ0n) is 18.6. The SMILES string of the molecule is COC(=O)c1sc(NC(=O)COC(=O)c2cc(C)n(C(C)C)c2C)c(C(=O)OC)c1C. The fourth-order valence-corrected chi connectivity index (χ4v) is 4.52. The number of aryl methyl sites for hydroxylation is 1. The molecule has 0 spiro atoms. The molecule has 31 heavy (non-hydrogen) atoms. The average Bonchev–Trinajstić information content (AvgIpc) is 3.20. The van der Waals surface area contributed by atoms with E-state index in [1.54, 1.807) is 13.0 Å². The minimum absolute atomic E-state index is 0.0491. The van der Waals surface area contributed by atoms with E-state index in [2.05, 4.69) is 5.32 Å². The van der Waals surface area contributed by atoms with E-state index < -0.39 is 30.4 Å². The van der Waals surface area contributed by atoms with Crippen molar-refractivity contribution < 1.29 is 33.4 Å². The lowest BCUT2D eigenvalue weighted by atomic mass is 10.1. The van der Waals surface area contributed by atoms with Gasteiger partial charge in [0.2, 0.25) is 0 Å². The third-order valence-corrected chi connectivity index (χ3v) is 5.90. The van der Waals surface area contributed by atoms with Gasteiger partial charge in [0, 0.05) is 17.4 Å². The van der Waals surface area contributed by atoms with Crippen LogP contribution >= 0.6 is 11.3 Å². The molecule has 0 radical (unpaired) electrons. The molecule has 0 aliphatic carbocycles. The van der Waals surface area contributed by atoms with Crippen molar-refractivity contribution in [3.63, 3.8) is 0 Å². The molecule has 9 nitrogen and oxygen atoms in total. The predicted octanol–water partition coefficient (Wildman–Crippen LogP) is 3.42. The van der Waals surface area contributed by atoms with Gasteiger partial charge in [-0.1, -0.05) is 0 Å². The van der Waals surface area contributed by atoms with Crippen molar-refractivity contribution in [3.05, 3.63) is 39.0 Å². The normalized spacial score (nSPS) is 10.7. The summed E-state index contributed by atoms with van der Waals surface area (Å²) in [5.74, 6) is -2.63. The van der Waals surface area contributed by atoms with E-state index in [1.807, 2.05) is 32.3 Å². The number of carbonyl (C=O) groups excluding carboxylic acids is 4. The first-order chi connectivity index (χ1) is 14.5. The standard InChI is InChI=1S/C21H26N2O7S/c1-10(2)23-11(3)8-14(13(23)5)19(25)30-9-15(24)22-18-16(20(26)28-6)12(4)17(31-18)21(27)29-7/h8,10H,9H2,1-7H3,(H,22,24). The largest absolute Gasteiger partial charge is 0.465 e. The van der Waals surface area contributed by atoms with E-state index in [4.69, 9.17) is 14.2 Å². The van der Waals surface area contributed by atoms with Crippen molar-refractivity contribution in [2.24, 2.45) is 0 Å². The number of ether oxygens (including phenoxy) is 3. The summed E-state index contributed by atoms with van der Waals surface area (Å²) in [4.78, 5) is 49.1. The summed E-state index contributed by atoms with van der Waals surface area (Å²) in [6, 6.07) is 1.89. The molecule has 1 amide bonds. The van der Waals surface area contributed by atoms with Gasteiger partial charge >= 0.3 is 17.9 Å². The molecule has 0 fully saturated rings. The zero-order valence-corrected chi connectivity index (χ0v) is 19.4. The number of hydrogen-bond donors (Lipinski definition) is 1. The molecule has 0 saturated heterocycles. The first-order valence-corrected chi connectivity index (χ1v) is 10.3. The Bertz CT molecular complexity index is 1030. The summed E-state index contributed by atoms with van der Waals surface area (Å²) in [5.41, 5.74) is 2.43. The van der Waals surface area contributed by atoms with Gasteiger partial charge in [-0.25, -0.2) is 14.4 Å². The second-order valence-corrected chi connectivity index (χ2v) is 8.14. The van der Waals surface area contributed by atoms with Crippen molar-refractivity contribution in [2.45, 2.75) is 40.7 Å². The van der Waals surface area contributed by atoms with Crippen LogP contribution in [-0.2, 0) is 19.0 Å². The van der Waals surface area contributed by atoms with Gasteiger partial charge in [0.1, 0.15) is 9.88 Å². The smallest absolute Gasteiger partial charge is 0.348 e. The fraction of sp³-hybridized carbons (Fsp3) is 0.429. The highest BCUT2D eigenvalue weighted by atomic mass is 32.1. The molecule has 0 aliphatic rings. The Morgan fingerprint density at radius 3 is 2.16 bits per heavy atom. The van der Waals surface area contributed by atoms with Crippen LogP contribution in [0.2, 0.25) is 0 Å². The van der Waals surface area contributed by atoms with Gasteiger partial charge < -0.3 is 24.1 Å². The second kappa shape index (κ2) is 9.78. The zero-order chi connectivity index (χ0) is 23.5. The fourth-order valence-electron chi connectivity index (χ4n) is 3.39. The topological polar surface area (TPSA) is 113 Å². The summed E-state index contributed by atoms with van der Waals surface area (Å²) >= 11 is 0.881. The molecule has 0 bridgehead atoms. The molecule has 0 aliphatic heterocycles. The monoisotopic (exact) mass is 450 g/mol. The van der Waals surface area contributed by atoms with E-state index in [1.165, 1.54) is 14.2 Å². The molecule has 168 valence electrons. The van der Waals surface area contributed by atoms with Crippen molar-refractivity contribution in [3.8, 4) is 0 Å². The number of nitrogens with one attached hydrogen (secondary N) is 1. The minimum Gasteiger partial charge on any atom is -0.465 e. The molecule has 0 unspecified atom stereocenters. The molecule has 2 aromatic rings. The molecule has 2 heterocycles. The maximum atomic E-state index is 12.5. The highest BCUT2D eigenvalue weighted by Crippen LogP contribution is 2.34. The van der Waals surface area contributed by atoms with Gasteiger partial charge in [0.05, 0.1) is 25.3 Å². The number of thiophene rings is 1. The molecule has 0 atom stereocenters. The van der Waals surface area contributed by atoms with E-state index in [0.29, 0.717) is 11.1 Å². The maximum absolute atomic E-state index is 12.5. The van der Waals surface area contributed by atoms with Crippen LogP contribution in [0.1, 0.15) is 67.2 Å². The average molecular weight is 451 g/mol. The first kappa shape index (κ1) is 24.1. The van der Waals surface area contributed by atoms with Crippen LogP contribution in [0.15, 0.2) is 6.07 Å². The van der Waals surface area contributed by atoms with Gasteiger partial charge in [0.15, 0.2) is 6.61 Å². The molecule has 2 rings (SSSR count). The number of carbonyl (C=O) groups is 4. The van der Waals surface area contributed by atoms with Crippen molar-refractivity contribution in [1.29, 1.82) is 0 Å². The lowest BCUT2D eigenvalue weighted by molar-refractivity contribution is -0.119. The van der Waals surface area contributed by atoms with Crippen LogP contribution in [0.25, 0.3) is 0 Å². The first-order valence-electron chi connectivity index (χ1n) is 9.48. The number of esters is 3. The molecule has 1 N–H and O–H groups in total. The van der Waals surface area contributed by atoms with Crippen LogP contribution in [0.5, 0.6) is 0 Å². The summed E-state index contributed by atoms with van der Waals surface area (Å²) in [6.45, 7) is 8.71. The van der Waals surface area contributed by atoms with Gasteiger partial charge in [-0.15, -0.1) is 11.3 Å². The van der Waals surface area contributed by atoms with Crippen LogP contribution in [-0.4, -0.2) is 49.2 Å².